The minimum atomic E-state index is -0.0510. The van der Waals surface area contributed by atoms with E-state index in [1.165, 1.54) is 0 Å². The summed E-state index contributed by atoms with van der Waals surface area (Å²) in [5.41, 5.74) is 0. The van der Waals surface area contributed by atoms with Crippen LogP contribution >= 0.6 is 0 Å². The van der Waals surface area contributed by atoms with E-state index in [2.05, 4.69) is 5.32 Å². The number of ketones is 1. The molecule has 0 aromatic carbocycles. The van der Waals surface area contributed by atoms with Gasteiger partial charge in [-0.25, -0.2) is 0 Å². The van der Waals surface area contributed by atoms with Gasteiger partial charge in [0.2, 0.25) is 5.91 Å². The van der Waals surface area contributed by atoms with Crippen molar-refractivity contribution < 1.29 is 19.1 Å². The molecule has 0 atom stereocenters. The third kappa shape index (κ3) is 10.2. The van der Waals surface area contributed by atoms with Crippen LogP contribution in [0, 0.1) is 5.92 Å². The number of rotatable bonds is 11. The molecule has 106 valence electrons. The van der Waals surface area contributed by atoms with E-state index in [0.717, 1.165) is 0 Å². The summed E-state index contributed by atoms with van der Waals surface area (Å²) in [4.78, 5) is 22.6. The molecular weight excluding hydrogens is 234 g/mol. The van der Waals surface area contributed by atoms with Crippen LogP contribution < -0.4 is 5.32 Å². The predicted octanol–water partition coefficient (Wildman–Crippen LogP) is 1.16. The van der Waals surface area contributed by atoms with Crippen molar-refractivity contribution in [3.8, 4) is 0 Å². The molecule has 0 aliphatic heterocycles. The number of hydrogen-bond donors (Lipinski definition) is 1. The molecular formula is C13H25NO4. The Balaban J connectivity index is 3.32. The van der Waals surface area contributed by atoms with Crippen molar-refractivity contribution >= 4 is 11.7 Å². The molecule has 0 radical (unpaired) electrons. The normalized spacial score (nSPS) is 10.7. The Morgan fingerprint density at radius 2 is 1.72 bits per heavy atom. The van der Waals surface area contributed by atoms with Crippen LogP contribution in [0.2, 0.25) is 0 Å². The zero-order chi connectivity index (χ0) is 13.8. The summed E-state index contributed by atoms with van der Waals surface area (Å²) < 4.78 is 10.3. The topological polar surface area (TPSA) is 64.6 Å². The molecule has 18 heavy (non-hydrogen) atoms. The zero-order valence-corrected chi connectivity index (χ0v) is 11.7. The second-order valence-corrected chi connectivity index (χ2v) is 4.28. The summed E-state index contributed by atoms with van der Waals surface area (Å²) in [5, 5.41) is 2.72. The van der Waals surface area contributed by atoms with E-state index in [9.17, 15) is 9.59 Å². The maximum atomic E-state index is 11.3. The van der Waals surface area contributed by atoms with Crippen LogP contribution in [0.15, 0.2) is 0 Å². The Labute approximate surface area is 109 Å². The lowest BCUT2D eigenvalue weighted by molar-refractivity contribution is -0.123. The molecule has 0 heterocycles. The third-order valence-corrected chi connectivity index (χ3v) is 2.38. The van der Waals surface area contributed by atoms with Crippen LogP contribution in [0.1, 0.15) is 33.6 Å². The van der Waals surface area contributed by atoms with E-state index in [1.54, 1.807) is 0 Å². The first-order valence-electron chi connectivity index (χ1n) is 6.52. The van der Waals surface area contributed by atoms with Gasteiger partial charge < -0.3 is 14.8 Å². The van der Waals surface area contributed by atoms with Crippen molar-refractivity contribution in [2.24, 2.45) is 5.92 Å². The smallest absolute Gasteiger partial charge is 0.222 e. The second-order valence-electron chi connectivity index (χ2n) is 4.28. The maximum Gasteiger partial charge on any atom is 0.222 e. The minimum absolute atomic E-state index is 0.0510. The molecule has 0 unspecified atom stereocenters. The number of amides is 1. The minimum Gasteiger partial charge on any atom is -0.380 e. The molecule has 0 saturated carbocycles. The molecule has 0 aromatic heterocycles. The zero-order valence-electron chi connectivity index (χ0n) is 11.7. The van der Waals surface area contributed by atoms with Gasteiger partial charge in [0, 0.05) is 31.9 Å². The maximum absolute atomic E-state index is 11.3. The molecule has 5 nitrogen and oxygen atoms in total. The Morgan fingerprint density at radius 3 is 2.33 bits per heavy atom. The van der Waals surface area contributed by atoms with Gasteiger partial charge in [-0.05, 0) is 6.92 Å². The van der Waals surface area contributed by atoms with Crippen LogP contribution in [-0.4, -0.2) is 44.7 Å². The van der Waals surface area contributed by atoms with Gasteiger partial charge in [-0.3, -0.25) is 9.59 Å². The standard InChI is InChI=1S/C13H25NO4/c1-4-17-10-7-14-13(16)6-9-18-8-5-12(15)11(2)3/h11H,4-10H2,1-3H3,(H,14,16). The fourth-order valence-corrected chi connectivity index (χ4v) is 1.22. The van der Waals surface area contributed by atoms with Gasteiger partial charge in [-0.2, -0.15) is 0 Å². The number of hydrogen-bond acceptors (Lipinski definition) is 4. The third-order valence-electron chi connectivity index (χ3n) is 2.38. The lowest BCUT2D eigenvalue weighted by Gasteiger charge is -2.07. The van der Waals surface area contributed by atoms with E-state index in [1.807, 2.05) is 20.8 Å². The fraction of sp³-hybridized carbons (Fsp3) is 0.846. The first-order chi connectivity index (χ1) is 8.57. The van der Waals surface area contributed by atoms with E-state index < -0.39 is 0 Å². The van der Waals surface area contributed by atoms with Gasteiger partial charge in [0.25, 0.3) is 0 Å². The Kier molecular flexibility index (Phi) is 10.6. The first-order valence-corrected chi connectivity index (χ1v) is 6.52. The average Bonchev–Trinajstić information content (AvgIpc) is 2.33. The molecule has 0 saturated heterocycles. The number of ether oxygens (including phenoxy) is 2. The highest BCUT2D eigenvalue weighted by Crippen LogP contribution is 1.98. The molecule has 0 aliphatic rings. The van der Waals surface area contributed by atoms with Gasteiger partial charge in [-0.1, -0.05) is 13.8 Å². The van der Waals surface area contributed by atoms with E-state index in [-0.39, 0.29) is 17.6 Å². The lowest BCUT2D eigenvalue weighted by atomic mass is 10.1. The number of nitrogens with one attached hydrogen (secondary N) is 1. The van der Waals surface area contributed by atoms with E-state index in [4.69, 9.17) is 9.47 Å². The summed E-state index contributed by atoms with van der Waals surface area (Å²) in [5.74, 6) is 0.191. The predicted molar refractivity (Wildman–Crippen MR) is 69.4 cm³/mol. The van der Waals surface area contributed by atoms with Crippen molar-refractivity contribution in [2.75, 3.05) is 33.0 Å². The molecule has 0 aliphatic carbocycles. The molecule has 1 N–H and O–H groups in total. The highest BCUT2D eigenvalue weighted by molar-refractivity contribution is 5.80. The number of carbonyl (C=O) groups excluding carboxylic acids is 2. The summed E-state index contributed by atoms with van der Waals surface area (Å²) >= 11 is 0. The largest absolute Gasteiger partial charge is 0.380 e. The van der Waals surface area contributed by atoms with Gasteiger partial charge in [0.05, 0.1) is 19.8 Å². The molecule has 0 bridgehead atoms. The van der Waals surface area contributed by atoms with Gasteiger partial charge >= 0.3 is 0 Å². The van der Waals surface area contributed by atoms with Crippen LogP contribution in [0.25, 0.3) is 0 Å². The highest BCUT2D eigenvalue weighted by atomic mass is 16.5. The molecule has 1 amide bonds. The SMILES string of the molecule is CCOCCNC(=O)CCOCCC(=O)C(C)C. The van der Waals surface area contributed by atoms with Gasteiger partial charge in [0.1, 0.15) is 5.78 Å². The first kappa shape index (κ1) is 17.1. The van der Waals surface area contributed by atoms with Crippen molar-refractivity contribution in [1.82, 2.24) is 5.32 Å². The van der Waals surface area contributed by atoms with Crippen LogP contribution in [0.5, 0.6) is 0 Å². The van der Waals surface area contributed by atoms with Gasteiger partial charge in [-0.15, -0.1) is 0 Å². The molecule has 0 spiro atoms. The fourth-order valence-electron chi connectivity index (χ4n) is 1.22. The summed E-state index contributed by atoms with van der Waals surface area (Å²) in [6.07, 6.45) is 0.742. The molecule has 0 aromatic rings. The Bertz CT molecular complexity index is 241. The summed E-state index contributed by atoms with van der Waals surface area (Å²) in [6, 6.07) is 0. The van der Waals surface area contributed by atoms with Crippen LogP contribution in [0.4, 0.5) is 0 Å². The number of carbonyl (C=O) groups is 2. The summed E-state index contributed by atoms with van der Waals surface area (Å²) in [7, 11) is 0. The van der Waals surface area contributed by atoms with Crippen LogP contribution in [-0.2, 0) is 19.1 Å². The van der Waals surface area contributed by atoms with Gasteiger partial charge in [0.15, 0.2) is 0 Å². The monoisotopic (exact) mass is 259 g/mol. The molecule has 5 heteroatoms. The van der Waals surface area contributed by atoms with Crippen molar-refractivity contribution in [2.45, 2.75) is 33.6 Å². The van der Waals surface area contributed by atoms with Crippen LogP contribution in [0.3, 0.4) is 0 Å². The Morgan fingerprint density at radius 1 is 1.06 bits per heavy atom. The quantitative estimate of drug-likeness (QED) is 0.566. The summed E-state index contributed by atoms with van der Waals surface area (Å²) in [6.45, 7) is 8.11. The van der Waals surface area contributed by atoms with Crippen molar-refractivity contribution in [3.05, 3.63) is 0 Å². The average molecular weight is 259 g/mol. The molecule has 0 rings (SSSR count). The Hall–Kier alpha value is -0.940. The van der Waals surface area contributed by atoms with Crippen molar-refractivity contribution in [3.63, 3.8) is 0 Å². The van der Waals surface area contributed by atoms with Crippen molar-refractivity contribution in [1.29, 1.82) is 0 Å². The second kappa shape index (κ2) is 11.2. The molecule has 0 fully saturated rings. The lowest BCUT2D eigenvalue weighted by Crippen LogP contribution is -2.28. The van der Waals surface area contributed by atoms with E-state index >= 15 is 0 Å². The van der Waals surface area contributed by atoms with E-state index in [0.29, 0.717) is 45.8 Å². The number of Topliss-reactive ketones (excluding diaryl/α,β-unsaturated/α-hetero) is 1. The highest BCUT2D eigenvalue weighted by Gasteiger charge is 2.06.